The van der Waals surface area contributed by atoms with Crippen LogP contribution in [0.1, 0.15) is 220 Å². The molecule has 6 heteroatoms. The van der Waals surface area contributed by atoms with Gasteiger partial charge in [-0.25, -0.2) is 0 Å². The van der Waals surface area contributed by atoms with Crippen molar-refractivity contribution < 1.29 is 28.6 Å². The van der Waals surface area contributed by atoms with E-state index in [-0.39, 0.29) is 31.1 Å². The lowest BCUT2D eigenvalue weighted by molar-refractivity contribution is -0.167. The minimum absolute atomic E-state index is 0.0883. The quantitative estimate of drug-likeness (QED) is 0.0266. The second-order valence-corrected chi connectivity index (χ2v) is 15.3. The summed E-state index contributed by atoms with van der Waals surface area (Å²) in [4.78, 5) is 37.8. The average Bonchev–Trinajstić information content (AvgIpc) is 3.19. The summed E-state index contributed by atoms with van der Waals surface area (Å²) in [5.74, 6) is -0.935. The number of carbonyl (C=O) groups is 3. The molecule has 6 nitrogen and oxygen atoms in total. The molecule has 0 bridgehead atoms. The lowest BCUT2D eigenvalue weighted by Gasteiger charge is -2.18. The van der Waals surface area contributed by atoms with Gasteiger partial charge in [-0.1, -0.05) is 184 Å². The Hall–Kier alpha value is -2.89. The van der Waals surface area contributed by atoms with Crippen LogP contribution in [0.2, 0.25) is 0 Å². The molecule has 0 aliphatic carbocycles. The van der Waals surface area contributed by atoms with Gasteiger partial charge in [-0.3, -0.25) is 14.4 Å². The zero-order valence-corrected chi connectivity index (χ0v) is 36.6. The zero-order chi connectivity index (χ0) is 40.8. The molecule has 0 aromatic rings. The van der Waals surface area contributed by atoms with Gasteiger partial charge in [0.05, 0.1) is 0 Å². The highest BCUT2D eigenvalue weighted by atomic mass is 16.6. The maximum absolute atomic E-state index is 12.7. The van der Waals surface area contributed by atoms with Crippen molar-refractivity contribution in [2.45, 2.75) is 226 Å². The summed E-state index contributed by atoms with van der Waals surface area (Å²) in [7, 11) is 0. The highest BCUT2D eigenvalue weighted by Crippen LogP contribution is 2.14. The summed E-state index contributed by atoms with van der Waals surface area (Å²) in [6.07, 6.45) is 53.4. The molecule has 0 N–H and O–H groups in total. The van der Waals surface area contributed by atoms with Gasteiger partial charge in [0.15, 0.2) is 6.10 Å². The molecular weight excluding hydrogens is 697 g/mol. The molecule has 1 unspecified atom stereocenters. The van der Waals surface area contributed by atoms with Gasteiger partial charge < -0.3 is 14.2 Å². The number of carbonyl (C=O) groups excluding carboxylic acids is 3. The molecule has 0 amide bonds. The Labute approximate surface area is 345 Å². The van der Waals surface area contributed by atoms with Gasteiger partial charge in [0, 0.05) is 19.3 Å². The summed E-state index contributed by atoms with van der Waals surface area (Å²) in [6, 6.07) is 0. The van der Waals surface area contributed by atoms with Crippen LogP contribution >= 0.6 is 0 Å². The Morgan fingerprint density at radius 1 is 0.375 bits per heavy atom. The molecule has 0 radical (unpaired) electrons. The summed E-state index contributed by atoms with van der Waals surface area (Å²) in [6.45, 7) is 6.41. The van der Waals surface area contributed by atoms with Gasteiger partial charge in [0.1, 0.15) is 13.2 Å². The van der Waals surface area contributed by atoms with E-state index in [0.29, 0.717) is 19.3 Å². The molecule has 0 aliphatic heterocycles. The van der Waals surface area contributed by atoms with Crippen LogP contribution in [0.25, 0.3) is 0 Å². The zero-order valence-electron chi connectivity index (χ0n) is 36.6. The summed E-state index contributed by atoms with van der Waals surface area (Å²) in [5.41, 5.74) is 0. The molecule has 0 saturated heterocycles. The first-order chi connectivity index (χ1) is 27.5. The van der Waals surface area contributed by atoms with Crippen LogP contribution in [0.3, 0.4) is 0 Å². The number of esters is 3. The first kappa shape index (κ1) is 53.1. The third-order valence-corrected chi connectivity index (χ3v) is 9.74. The van der Waals surface area contributed by atoms with Crippen LogP contribution < -0.4 is 0 Å². The number of rotatable bonds is 41. The van der Waals surface area contributed by atoms with Crippen LogP contribution in [0.4, 0.5) is 0 Å². The van der Waals surface area contributed by atoms with Crippen molar-refractivity contribution in [2.24, 2.45) is 0 Å². The Morgan fingerprint density at radius 2 is 0.732 bits per heavy atom. The third kappa shape index (κ3) is 42.3. The van der Waals surface area contributed by atoms with Crippen molar-refractivity contribution in [1.29, 1.82) is 0 Å². The van der Waals surface area contributed by atoms with Gasteiger partial charge in [0.2, 0.25) is 0 Å². The van der Waals surface area contributed by atoms with E-state index in [2.05, 4.69) is 81.5 Å². The Balaban J connectivity index is 4.44. The largest absolute Gasteiger partial charge is 0.462 e. The number of hydrogen-bond donors (Lipinski definition) is 0. The van der Waals surface area contributed by atoms with Crippen LogP contribution in [0.5, 0.6) is 0 Å². The SMILES string of the molecule is CC/C=C\C/C=C\C/C=C\CCCCCC(=O)OCC(COC(=O)CCCCCCCCCCCCCC)OC(=O)CCCCCCC/C=C\C/C=C\CCC. The Morgan fingerprint density at radius 3 is 1.18 bits per heavy atom. The second kappa shape index (κ2) is 44.8. The molecule has 0 spiro atoms. The van der Waals surface area contributed by atoms with E-state index in [1.165, 1.54) is 64.2 Å². The molecule has 0 fully saturated rings. The van der Waals surface area contributed by atoms with Gasteiger partial charge >= 0.3 is 17.9 Å². The second-order valence-electron chi connectivity index (χ2n) is 15.3. The number of hydrogen-bond acceptors (Lipinski definition) is 6. The topological polar surface area (TPSA) is 78.9 Å². The molecular formula is C50H86O6. The van der Waals surface area contributed by atoms with E-state index in [9.17, 15) is 14.4 Å². The maximum atomic E-state index is 12.7. The molecule has 0 aliphatic rings. The average molecular weight is 783 g/mol. The van der Waals surface area contributed by atoms with Crippen molar-refractivity contribution in [3.63, 3.8) is 0 Å². The van der Waals surface area contributed by atoms with Crippen molar-refractivity contribution in [3.05, 3.63) is 60.8 Å². The fraction of sp³-hybridized carbons (Fsp3) is 0.740. The van der Waals surface area contributed by atoms with Crippen molar-refractivity contribution >= 4 is 17.9 Å². The molecule has 322 valence electrons. The first-order valence-corrected chi connectivity index (χ1v) is 23.3. The summed E-state index contributed by atoms with van der Waals surface area (Å²) < 4.78 is 16.7. The molecule has 0 rings (SSSR count). The van der Waals surface area contributed by atoms with Crippen molar-refractivity contribution in [3.8, 4) is 0 Å². The standard InChI is InChI=1S/C50H86O6/c1-4-7-10-13-16-19-22-25-28-31-34-37-40-43-49(52)55-46-47(45-54-48(51)42-39-36-33-30-27-24-21-18-15-12-9-6-3)56-50(53)44-41-38-35-32-29-26-23-20-17-14-11-8-5-2/h7,10-11,14,16,19-20,23,25,28,47H,4-6,8-9,12-13,15,17-18,21-22,24,26-27,29-46H2,1-3H3/b10-7-,14-11-,19-16-,23-20-,28-25-. The highest BCUT2D eigenvalue weighted by molar-refractivity contribution is 5.71. The fourth-order valence-corrected chi connectivity index (χ4v) is 6.26. The van der Waals surface area contributed by atoms with Crippen LogP contribution in [0, 0.1) is 0 Å². The lowest BCUT2D eigenvalue weighted by Crippen LogP contribution is -2.30. The van der Waals surface area contributed by atoms with Crippen molar-refractivity contribution in [1.82, 2.24) is 0 Å². The summed E-state index contributed by atoms with van der Waals surface area (Å²) >= 11 is 0. The van der Waals surface area contributed by atoms with E-state index < -0.39 is 6.10 Å². The molecule has 0 heterocycles. The van der Waals surface area contributed by atoms with E-state index >= 15 is 0 Å². The monoisotopic (exact) mass is 783 g/mol. The Bertz CT molecular complexity index is 1040. The third-order valence-electron chi connectivity index (χ3n) is 9.74. The number of allylic oxidation sites excluding steroid dienone is 10. The van der Waals surface area contributed by atoms with E-state index in [0.717, 1.165) is 116 Å². The molecule has 0 aromatic heterocycles. The van der Waals surface area contributed by atoms with Crippen LogP contribution in [-0.2, 0) is 28.6 Å². The van der Waals surface area contributed by atoms with E-state index in [1.807, 2.05) is 0 Å². The Kier molecular flexibility index (Phi) is 42.5. The molecule has 0 saturated carbocycles. The number of unbranched alkanes of at least 4 members (excludes halogenated alkanes) is 20. The normalized spacial score (nSPS) is 12.6. The maximum Gasteiger partial charge on any atom is 0.306 e. The fourth-order valence-electron chi connectivity index (χ4n) is 6.26. The van der Waals surface area contributed by atoms with Gasteiger partial charge in [0.25, 0.3) is 0 Å². The van der Waals surface area contributed by atoms with Crippen LogP contribution in [0.15, 0.2) is 60.8 Å². The van der Waals surface area contributed by atoms with Gasteiger partial charge in [-0.05, 0) is 77.0 Å². The summed E-state index contributed by atoms with van der Waals surface area (Å²) in [5, 5.41) is 0. The van der Waals surface area contributed by atoms with E-state index in [4.69, 9.17) is 14.2 Å². The first-order valence-electron chi connectivity index (χ1n) is 23.3. The van der Waals surface area contributed by atoms with E-state index in [1.54, 1.807) is 0 Å². The minimum atomic E-state index is -0.789. The highest BCUT2D eigenvalue weighted by Gasteiger charge is 2.19. The van der Waals surface area contributed by atoms with Crippen LogP contribution in [-0.4, -0.2) is 37.2 Å². The molecule has 1 atom stereocenters. The smallest absolute Gasteiger partial charge is 0.306 e. The van der Waals surface area contributed by atoms with Gasteiger partial charge in [-0.2, -0.15) is 0 Å². The minimum Gasteiger partial charge on any atom is -0.462 e. The molecule has 0 aromatic carbocycles. The predicted molar refractivity (Wildman–Crippen MR) is 238 cm³/mol. The molecule has 56 heavy (non-hydrogen) atoms. The predicted octanol–water partition coefficient (Wildman–Crippen LogP) is 14.9. The van der Waals surface area contributed by atoms with Gasteiger partial charge in [-0.15, -0.1) is 0 Å². The van der Waals surface area contributed by atoms with Crippen molar-refractivity contribution in [2.75, 3.05) is 13.2 Å². The lowest BCUT2D eigenvalue weighted by atomic mass is 10.0. The number of ether oxygens (including phenoxy) is 3.